The summed E-state index contributed by atoms with van der Waals surface area (Å²) >= 11 is -4.72. The van der Waals surface area contributed by atoms with Crippen LogP contribution in [0, 0.1) is 0 Å². The number of methoxy groups -OCH3 is 2. The summed E-state index contributed by atoms with van der Waals surface area (Å²) in [4.78, 5) is 0. The van der Waals surface area contributed by atoms with Gasteiger partial charge in [0.25, 0.3) is 0 Å². The molecule has 0 N–H and O–H groups in total. The molecule has 2 rings (SSSR count). The van der Waals surface area contributed by atoms with Crippen LogP contribution in [-0.2, 0) is 6.21 Å². The molecule has 0 saturated carbocycles. The third kappa shape index (κ3) is 2.89. The average Bonchev–Trinajstić information content (AvgIpc) is 2.47. The monoisotopic (exact) mass is 376 g/mol. The van der Waals surface area contributed by atoms with Gasteiger partial charge in [0.1, 0.15) is 0 Å². The molecule has 5 heteroatoms. The van der Waals surface area contributed by atoms with Crippen molar-refractivity contribution in [3.8, 4) is 11.5 Å². The van der Waals surface area contributed by atoms with Gasteiger partial charge in [-0.2, -0.15) is 0 Å². The number of hydrogen-bond donors (Lipinski definition) is 0. The van der Waals surface area contributed by atoms with Crippen molar-refractivity contribution < 1.29 is 15.7 Å². The van der Waals surface area contributed by atoms with E-state index in [0.717, 1.165) is 0 Å². The third-order valence-corrected chi connectivity index (χ3v) is 7.84. The van der Waals surface area contributed by atoms with Crippen molar-refractivity contribution in [1.29, 1.82) is 0 Å². The van der Waals surface area contributed by atoms with E-state index in [-0.39, 0.29) is 0 Å². The van der Waals surface area contributed by atoms with E-state index in [9.17, 15) is 6.21 Å². The zero-order chi connectivity index (χ0) is 13.9. The van der Waals surface area contributed by atoms with Gasteiger partial charge in [-0.3, -0.25) is 0 Å². The minimum atomic E-state index is -4.72. The first-order valence-corrected chi connectivity index (χ1v) is 9.84. The number of benzene rings is 2. The second-order valence-corrected chi connectivity index (χ2v) is 9.42. The molecular formula is C14H14O4Te. The van der Waals surface area contributed by atoms with Gasteiger partial charge in [-0.1, -0.05) is 0 Å². The van der Waals surface area contributed by atoms with E-state index in [2.05, 4.69) is 0 Å². The van der Waals surface area contributed by atoms with Gasteiger partial charge in [-0.25, -0.2) is 0 Å². The van der Waals surface area contributed by atoms with Crippen LogP contribution >= 0.6 is 0 Å². The van der Waals surface area contributed by atoms with Crippen LogP contribution in [0.4, 0.5) is 0 Å². The zero-order valence-corrected chi connectivity index (χ0v) is 13.0. The standard InChI is InChI=1S/C14H14O4Te/c1-17-11-3-7-13(8-4-11)19(15,16)14-9-5-12(18-2)6-10-14/h3-10H,1-2H3. The molecule has 100 valence electrons. The van der Waals surface area contributed by atoms with Gasteiger partial charge in [0.05, 0.1) is 0 Å². The molecule has 0 spiro atoms. The fourth-order valence-corrected chi connectivity index (χ4v) is 5.24. The van der Waals surface area contributed by atoms with Crippen LogP contribution in [-0.4, -0.2) is 32.4 Å². The fourth-order valence-electron chi connectivity index (χ4n) is 1.65. The third-order valence-electron chi connectivity index (χ3n) is 2.74. The topological polar surface area (TPSA) is 52.6 Å². The maximum absolute atomic E-state index is 12.5. The molecule has 0 unspecified atom stereocenters. The van der Waals surface area contributed by atoms with Gasteiger partial charge in [-0.15, -0.1) is 0 Å². The first-order valence-electron chi connectivity index (χ1n) is 5.61. The van der Waals surface area contributed by atoms with E-state index in [1.807, 2.05) is 0 Å². The van der Waals surface area contributed by atoms with E-state index in [1.54, 1.807) is 62.8 Å². The first-order chi connectivity index (χ1) is 9.07. The Balaban J connectivity index is 2.39. The molecule has 0 aliphatic carbocycles. The van der Waals surface area contributed by atoms with Crippen LogP contribution in [0.3, 0.4) is 0 Å². The quantitative estimate of drug-likeness (QED) is 0.754. The van der Waals surface area contributed by atoms with Crippen molar-refractivity contribution in [2.75, 3.05) is 14.2 Å². The van der Waals surface area contributed by atoms with Crippen molar-refractivity contribution in [3.63, 3.8) is 0 Å². The van der Waals surface area contributed by atoms with E-state index in [4.69, 9.17) is 9.47 Å². The summed E-state index contributed by atoms with van der Waals surface area (Å²) in [6.45, 7) is 0. The number of ether oxygens (including phenoxy) is 2. The average molecular weight is 374 g/mol. The molecule has 0 amide bonds. The molecule has 0 aromatic heterocycles. The minimum absolute atomic E-state index is 0.341. The van der Waals surface area contributed by atoms with Crippen LogP contribution < -0.4 is 16.7 Å². The summed E-state index contributed by atoms with van der Waals surface area (Å²) in [6.07, 6.45) is 0. The molecule has 0 aliphatic heterocycles. The molecule has 0 atom stereocenters. The summed E-state index contributed by atoms with van der Waals surface area (Å²) in [5, 5.41) is 0. The van der Waals surface area contributed by atoms with Crippen LogP contribution in [0.2, 0.25) is 0 Å². The molecule has 0 fully saturated rings. The van der Waals surface area contributed by atoms with Gasteiger partial charge in [0, 0.05) is 0 Å². The van der Waals surface area contributed by atoms with Crippen LogP contribution in [0.15, 0.2) is 48.5 Å². The van der Waals surface area contributed by atoms with E-state index >= 15 is 0 Å². The van der Waals surface area contributed by atoms with Crippen LogP contribution in [0.1, 0.15) is 0 Å². The molecule has 0 aliphatic rings. The molecule has 19 heavy (non-hydrogen) atoms. The summed E-state index contributed by atoms with van der Waals surface area (Å²) < 4.78 is 35.6. The predicted octanol–water partition coefficient (Wildman–Crippen LogP) is 1.12. The van der Waals surface area contributed by atoms with Gasteiger partial charge < -0.3 is 0 Å². The van der Waals surface area contributed by atoms with Gasteiger partial charge in [-0.05, 0) is 0 Å². The molecule has 0 saturated heterocycles. The van der Waals surface area contributed by atoms with Gasteiger partial charge >= 0.3 is 115 Å². The Labute approximate surface area is 115 Å². The van der Waals surface area contributed by atoms with E-state index in [1.165, 1.54) is 0 Å². The number of rotatable bonds is 4. The summed E-state index contributed by atoms with van der Waals surface area (Å²) in [5.74, 6) is 1.27. The van der Waals surface area contributed by atoms with E-state index < -0.39 is 18.1 Å². The van der Waals surface area contributed by atoms with Crippen LogP contribution in [0.5, 0.6) is 11.5 Å². The zero-order valence-electron chi connectivity index (χ0n) is 10.7. The Kier molecular flexibility index (Phi) is 4.08. The van der Waals surface area contributed by atoms with Gasteiger partial charge in [0.15, 0.2) is 0 Å². The Morgan fingerprint density at radius 3 is 1.26 bits per heavy atom. The molecule has 0 radical (unpaired) electrons. The second kappa shape index (κ2) is 5.60. The molecular weight excluding hydrogens is 360 g/mol. The molecule has 2 aromatic carbocycles. The summed E-state index contributed by atoms with van der Waals surface area (Å²) in [7, 11) is 3.09. The van der Waals surface area contributed by atoms with Crippen molar-refractivity contribution in [1.82, 2.24) is 0 Å². The maximum atomic E-state index is 12.5. The normalized spacial score (nSPS) is 11.1. The Morgan fingerprint density at radius 1 is 0.684 bits per heavy atom. The van der Waals surface area contributed by atoms with E-state index in [0.29, 0.717) is 18.7 Å². The van der Waals surface area contributed by atoms with Crippen molar-refractivity contribution in [3.05, 3.63) is 48.5 Å². The Morgan fingerprint density at radius 2 is 1.00 bits per heavy atom. The fraction of sp³-hybridized carbons (Fsp3) is 0.143. The van der Waals surface area contributed by atoms with Gasteiger partial charge in [0.2, 0.25) is 0 Å². The summed E-state index contributed by atoms with van der Waals surface area (Å²) in [5.41, 5.74) is 0. The Hall–Kier alpha value is -1.57. The molecule has 0 heterocycles. The Bertz CT molecular complexity index is 589. The molecule has 2 aromatic rings. The number of hydrogen-bond acceptors (Lipinski definition) is 4. The second-order valence-electron chi connectivity index (χ2n) is 3.85. The summed E-state index contributed by atoms with van der Waals surface area (Å²) in [6, 6.07) is 12.9. The SMILES string of the molecule is COc1ccc([Te](=O)(=O)c2ccc(OC)cc2)cc1. The predicted molar refractivity (Wildman–Crippen MR) is 72.4 cm³/mol. The van der Waals surface area contributed by atoms with Crippen molar-refractivity contribution in [2.24, 2.45) is 0 Å². The molecule has 4 nitrogen and oxygen atoms in total. The van der Waals surface area contributed by atoms with Crippen molar-refractivity contribution in [2.45, 2.75) is 0 Å². The first kappa shape index (κ1) is 13.9. The van der Waals surface area contributed by atoms with Crippen LogP contribution in [0.25, 0.3) is 0 Å². The van der Waals surface area contributed by atoms with Crippen molar-refractivity contribution >= 4 is 25.4 Å². The molecule has 0 bridgehead atoms.